The van der Waals surface area contributed by atoms with Gasteiger partial charge < -0.3 is 9.47 Å². The highest BCUT2D eigenvalue weighted by Crippen LogP contribution is 2.39. The molecule has 0 fully saturated rings. The summed E-state index contributed by atoms with van der Waals surface area (Å²) in [5, 5.41) is 0.0671. The first-order chi connectivity index (χ1) is 11.0. The van der Waals surface area contributed by atoms with Crippen LogP contribution in [0.5, 0.6) is 0 Å². The number of hydrogen-bond donors (Lipinski definition) is 0. The monoisotopic (exact) mass is 450 g/mol. The maximum atomic E-state index is 11.9. The van der Waals surface area contributed by atoms with Crippen LogP contribution in [0.4, 0.5) is 0 Å². The third-order valence-corrected chi connectivity index (χ3v) is 4.91. The molecule has 0 aromatic rings. The molecule has 2 unspecified atom stereocenters. The van der Waals surface area contributed by atoms with Crippen LogP contribution in [0.2, 0.25) is 0 Å². The summed E-state index contributed by atoms with van der Waals surface area (Å²) < 4.78 is 6.60. The number of ether oxygens (including phenoxy) is 2. The Morgan fingerprint density at radius 3 is 1.42 bits per heavy atom. The van der Waals surface area contributed by atoms with E-state index in [1.54, 1.807) is 0 Å². The summed E-state index contributed by atoms with van der Waals surface area (Å²) in [7, 11) is 0. The largest absolute Gasteiger partial charge is 0.445 e. The van der Waals surface area contributed by atoms with Gasteiger partial charge in [0.15, 0.2) is 20.9 Å². The molecule has 2 atom stereocenters. The molecule has 0 bridgehead atoms. The molecule has 0 aromatic heterocycles. The van der Waals surface area contributed by atoms with Crippen LogP contribution >= 0.6 is 69.6 Å². The topological polar surface area (TPSA) is 52.6 Å². The molecule has 24 heavy (non-hydrogen) atoms. The van der Waals surface area contributed by atoms with Crippen molar-refractivity contribution in [2.75, 3.05) is 0 Å². The molecule has 2 aliphatic carbocycles. The van der Waals surface area contributed by atoms with Gasteiger partial charge in [-0.25, -0.2) is 9.59 Å². The first kappa shape index (κ1) is 20.0. The van der Waals surface area contributed by atoms with Gasteiger partial charge in [-0.15, -0.1) is 0 Å². The van der Waals surface area contributed by atoms with Crippen LogP contribution in [-0.2, 0) is 19.1 Å². The molecule has 0 aromatic carbocycles. The molecule has 130 valence electrons. The van der Waals surface area contributed by atoms with Crippen molar-refractivity contribution in [3.63, 3.8) is 0 Å². The molecule has 4 nitrogen and oxygen atoms in total. The predicted octanol–water partition coefficient (Wildman–Crippen LogP) is 4.54. The van der Waals surface area contributed by atoms with Gasteiger partial charge in [0.05, 0.1) is 10.1 Å². The van der Waals surface area contributed by atoms with Crippen LogP contribution in [-0.4, -0.2) is 32.8 Å². The summed E-state index contributed by atoms with van der Waals surface area (Å²) in [5.74, 6) is -2.76. The summed E-state index contributed by atoms with van der Waals surface area (Å²) in [5.41, 5.74) is 0. The van der Waals surface area contributed by atoms with Crippen LogP contribution in [0.15, 0.2) is 46.5 Å². The zero-order chi connectivity index (χ0) is 18.1. The Labute approximate surface area is 167 Å². The lowest BCUT2D eigenvalue weighted by molar-refractivity contribution is -0.172. The lowest BCUT2D eigenvalue weighted by Crippen LogP contribution is -2.41. The molecule has 0 saturated carbocycles. The Balaban J connectivity index is 2.07. The Kier molecular flexibility index (Phi) is 6.22. The lowest BCUT2D eigenvalue weighted by atomic mass is 10.1. The molecule has 0 saturated heterocycles. The maximum absolute atomic E-state index is 11.9. The number of rotatable bonds is 2. The van der Waals surface area contributed by atoms with Gasteiger partial charge in [0.1, 0.15) is 0 Å². The molecule has 0 heterocycles. The summed E-state index contributed by atoms with van der Waals surface area (Å²) in [4.78, 5) is 23.9. The number of carbonyl (C=O) groups is 2. The normalized spacial score (nSPS) is 27.1. The molecule has 0 spiro atoms. The smallest absolute Gasteiger partial charge is 0.418 e. The number of carbonyl (C=O) groups excluding carboxylic acids is 2. The lowest BCUT2D eigenvalue weighted by Gasteiger charge is -2.30. The number of allylic oxidation sites excluding steroid dienone is 4. The first-order valence-electron chi connectivity index (χ1n) is 6.31. The van der Waals surface area contributed by atoms with E-state index < -0.39 is 32.8 Å². The van der Waals surface area contributed by atoms with E-state index in [-0.39, 0.29) is 10.1 Å². The minimum Gasteiger partial charge on any atom is -0.445 e. The number of esters is 2. The second-order valence-corrected chi connectivity index (χ2v) is 8.50. The predicted molar refractivity (Wildman–Crippen MR) is 94.8 cm³/mol. The van der Waals surface area contributed by atoms with Gasteiger partial charge in [-0.1, -0.05) is 81.8 Å². The van der Waals surface area contributed by atoms with Crippen LogP contribution in [0.25, 0.3) is 0 Å². The second kappa shape index (κ2) is 7.48. The van der Waals surface area contributed by atoms with E-state index in [1.165, 1.54) is 36.5 Å². The molecular formula is C14H8Cl6O4. The van der Waals surface area contributed by atoms with Crippen molar-refractivity contribution in [1.29, 1.82) is 0 Å². The average Bonchev–Trinajstić information content (AvgIpc) is 2.46. The number of alkyl halides is 4. The molecular weight excluding hydrogens is 445 g/mol. The third-order valence-electron chi connectivity index (χ3n) is 2.96. The average molecular weight is 453 g/mol. The molecule has 2 rings (SSSR count). The quantitative estimate of drug-likeness (QED) is 0.350. The van der Waals surface area contributed by atoms with Gasteiger partial charge >= 0.3 is 11.9 Å². The van der Waals surface area contributed by atoms with E-state index >= 15 is 0 Å². The Morgan fingerprint density at radius 1 is 0.792 bits per heavy atom. The molecule has 0 amide bonds. The minimum absolute atomic E-state index is 0.0335. The van der Waals surface area contributed by atoms with Gasteiger partial charge in [0.2, 0.25) is 0 Å². The highest BCUT2D eigenvalue weighted by Gasteiger charge is 2.44. The maximum Gasteiger partial charge on any atom is 0.418 e. The van der Waals surface area contributed by atoms with Crippen molar-refractivity contribution in [3.8, 4) is 0 Å². The van der Waals surface area contributed by atoms with Crippen LogP contribution < -0.4 is 0 Å². The van der Waals surface area contributed by atoms with E-state index in [0.29, 0.717) is 0 Å². The summed E-state index contributed by atoms with van der Waals surface area (Å²) in [6.07, 6.45) is 5.95. The molecule has 0 radical (unpaired) electrons. The highest BCUT2D eigenvalue weighted by molar-refractivity contribution is 6.52. The van der Waals surface area contributed by atoms with Crippen LogP contribution in [0.3, 0.4) is 0 Å². The molecule has 2 aliphatic rings. The fourth-order valence-corrected chi connectivity index (χ4v) is 3.58. The van der Waals surface area contributed by atoms with E-state index in [4.69, 9.17) is 79.1 Å². The Bertz CT molecular complexity index is 619. The van der Waals surface area contributed by atoms with Gasteiger partial charge in [-0.05, 0) is 24.3 Å². The first-order valence-corrected chi connectivity index (χ1v) is 8.58. The Morgan fingerprint density at radius 2 is 1.12 bits per heavy atom. The highest BCUT2D eigenvalue weighted by atomic mass is 35.5. The SMILES string of the molecule is O=C(OC1C(Cl)=CC=CC1(Cl)Cl)C(=O)OC1C(Cl)=CC=CC1(Cl)Cl. The minimum atomic E-state index is -1.63. The number of halogens is 6. The van der Waals surface area contributed by atoms with Crippen molar-refractivity contribution in [1.82, 2.24) is 0 Å². The van der Waals surface area contributed by atoms with Crippen molar-refractivity contribution in [3.05, 3.63) is 46.5 Å². The molecule has 0 aliphatic heterocycles. The molecule has 0 N–H and O–H groups in total. The van der Waals surface area contributed by atoms with Crippen molar-refractivity contribution in [2.24, 2.45) is 0 Å². The van der Waals surface area contributed by atoms with E-state index in [2.05, 4.69) is 0 Å². The summed E-state index contributed by atoms with van der Waals surface area (Å²) in [6, 6.07) is 0. The van der Waals surface area contributed by atoms with E-state index in [1.807, 2.05) is 0 Å². The van der Waals surface area contributed by atoms with Crippen molar-refractivity contribution >= 4 is 81.5 Å². The molecule has 10 heteroatoms. The van der Waals surface area contributed by atoms with Crippen molar-refractivity contribution < 1.29 is 19.1 Å². The van der Waals surface area contributed by atoms with Gasteiger partial charge in [-0.2, -0.15) is 0 Å². The zero-order valence-corrected chi connectivity index (χ0v) is 16.1. The van der Waals surface area contributed by atoms with Gasteiger partial charge in [0.25, 0.3) is 0 Å². The van der Waals surface area contributed by atoms with Gasteiger partial charge in [-0.3, -0.25) is 0 Å². The van der Waals surface area contributed by atoms with Crippen molar-refractivity contribution in [2.45, 2.75) is 20.9 Å². The third kappa shape index (κ3) is 4.43. The fraction of sp³-hybridized carbons (Fsp3) is 0.286. The Hall–Kier alpha value is -0.360. The van der Waals surface area contributed by atoms with Gasteiger partial charge in [0, 0.05) is 0 Å². The van der Waals surface area contributed by atoms with E-state index in [9.17, 15) is 9.59 Å². The van der Waals surface area contributed by atoms with Crippen LogP contribution in [0, 0.1) is 0 Å². The van der Waals surface area contributed by atoms with Crippen LogP contribution in [0.1, 0.15) is 0 Å². The fourth-order valence-electron chi connectivity index (χ4n) is 1.83. The van der Waals surface area contributed by atoms with E-state index in [0.717, 1.165) is 0 Å². The zero-order valence-electron chi connectivity index (χ0n) is 11.5. The summed E-state index contributed by atoms with van der Waals surface area (Å²) >= 11 is 35.8. The second-order valence-electron chi connectivity index (χ2n) is 4.74. The number of hydrogen-bond acceptors (Lipinski definition) is 4. The summed E-state index contributed by atoms with van der Waals surface area (Å²) in [6.45, 7) is 0. The standard InChI is InChI=1S/C14H8Cl6O4/c15-7-3-1-5-13(17,18)9(7)23-11(21)12(22)24-10-8(16)4-2-6-14(10,19)20/h1-6,9-10H.